The van der Waals surface area contributed by atoms with E-state index in [2.05, 4.69) is 15.6 Å². The summed E-state index contributed by atoms with van der Waals surface area (Å²) in [6.07, 6.45) is 1.58. The van der Waals surface area contributed by atoms with Crippen molar-refractivity contribution in [2.45, 2.75) is 24.7 Å². The fourth-order valence-corrected chi connectivity index (χ4v) is 5.55. The van der Waals surface area contributed by atoms with Crippen molar-refractivity contribution in [1.82, 2.24) is 25.4 Å². The SMILES string of the molecule is CNC(=O)c1ccc2c(c1)CCc1cc(C(=O)NC)ccc1C2(CCN)c1nn(-c2ccc(F)cc2)c(=O)[nH]1. The lowest BCUT2D eigenvalue weighted by Crippen LogP contribution is -2.35. The van der Waals surface area contributed by atoms with Crippen LogP contribution < -0.4 is 22.1 Å². The predicted octanol–water partition coefficient (Wildman–Crippen LogP) is 2.20. The van der Waals surface area contributed by atoms with Crippen LogP contribution >= 0.6 is 0 Å². The summed E-state index contributed by atoms with van der Waals surface area (Å²) in [6.45, 7) is 0.263. The molecule has 0 aliphatic heterocycles. The first-order valence-electron chi connectivity index (χ1n) is 12.7. The van der Waals surface area contributed by atoms with Gasteiger partial charge in [-0.2, -0.15) is 4.68 Å². The number of nitrogens with zero attached hydrogens (tertiary/aromatic N) is 2. The number of fused-ring (bicyclic) bond motifs is 2. The molecule has 0 atom stereocenters. The van der Waals surface area contributed by atoms with Crippen LogP contribution in [0.1, 0.15) is 55.2 Å². The van der Waals surface area contributed by atoms with Crippen LogP contribution in [0, 0.1) is 5.82 Å². The van der Waals surface area contributed by atoms with E-state index in [4.69, 9.17) is 10.8 Å². The van der Waals surface area contributed by atoms with Gasteiger partial charge in [0.1, 0.15) is 11.6 Å². The lowest BCUT2D eigenvalue weighted by molar-refractivity contribution is 0.0955. The molecule has 0 saturated heterocycles. The highest BCUT2D eigenvalue weighted by atomic mass is 19.1. The van der Waals surface area contributed by atoms with Crippen LogP contribution in [0.25, 0.3) is 5.69 Å². The van der Waals surface area contributed by atoms with Gasteiger partial charge in [-0.1, -0.05) is 12.1 Å². The molecule has 39 heavy (non-hydrogen) atoms. The normalized spacial score (nSPS) is 13.6. The van der Waals surface area contributed by atoms with Crippen molar-refractivity contribution < 1.29 is 14.0 Å². The van der Waals surface area contributed by atoms with E-state index in [0.717, 1.165) is 22.3 Å². The zero-order valence-corrected chi connectivity index (χ0v) is 21.7. The Balaban J connectivity index is 1.81. The van der Waals surface area contributed by atoms with Crippen molar-refractivity contribution in [1.29, 1.82) is 0 Å². The molecule has 0 spiro atoms. The molecule has 2 amide bonds. The van der Waals surface area contributed by atoms with E-state index in [0.29, 0.717) is 41.9 Å². The molecular formula is C29H29FN6O3. The number of amides is 2. The van der Waals surface area contributed by atoms with Crippen LogP contribution in [0.3, 0.4) is 0 Å². The number of nitrogens with two attached hydrogens (primary N) is 1. The van der Waals surface area contributed by atoms with Crippen molar-refractivity contribution in [3.05, 3.63) is 116 Å². The molecule has 0 bridgehead atoms. The van der Waals surface area contributed by atoms with Gasteiger partial charge in [0.25, 0.3) is 11.8 Å². The summed E-state index contributed by atoms with van der Waals surface area (Å²) in [4.78, 5) is 41.1. The molecular weight excluding hydrogens is 499 g/mol. The first kappa shape index (κ1) is 26.1. The fourth-order valence-electron chi connectivity index (χ4n) is 5.55. The Labute approximate surface area is 224 Å². The minimum Gasteiger partial charge on any atom is -0.355 e. The Hall–Kier alpha value is -4.57. The van der Waals surface area contributed by atoms with E-state index in [9.17, 15) is 18.8 Å². The van der Waals surface area contributed by atoms with E-state index >= 15 is 0 Å². The topological polar surface area (TPSA) is 135 Å². The molecule has 9 nitrogen and oxygen atoms in total. The molecule has 0 radical (unpaired) electrons. The number of H-pyrrole nitrogens is 1. The van der Waals surface area contributed by atoms with Gasteiger partial charge in [-0.25, -0.2) is 9.18 Å². The molecule has 1 aliphatic rings. The van der Waals surface area contributed by atoms with Gasteiger partial charge in [0.15, 0.2) is 0 Å². The zero-order chi connectivity index (χ0) is 27.7. The van der Waals surface area contributed by atoms with Gasteiger partial charge in [0.05, 0.1) is 11.1 Å². The highest BCUT2D eigenvalue weighted by Gasteiger charge is 2.44. The highest BCUT2D eigenvalue weighted by Crippen LogP contribution is 2.46. The number of hydrogen-bond donors (Lipinski definition) is 4. The van der Waals surface area contributed by atoms with Crippen molar-refractivity contribution in [2.24, 2.45) is 5.73 Å². The number of aryl methyl sites for hydroxylation is 2. The van der Waals surface area contributed by atoms with Crippen molar-refractivity contribution in [3.8, 4) is 5.69 Å². The first-order chi connectivity index (χ1) is 18.8. The molecule has 0 fully saturated rings. The minimum absolute atomic E-state index is 0.208. The number of aromatic amines is 1. The number of carbonyl (C=O) groups is 2. The molecule has 200 valence electrons. The van der Waals surface area contributed by atoms with E-state index in [1.165, 1.54) is 28.9 Å². The van der Waals surface area contributed by atoms with Crippen LogP contribution in [0.5, 0.6) is 0 Å². The van der Waals surface area contributed by atoms with Gasteiger partial charge in [-0.15, -0.1) is 5.10 Å². The summed E-state index contributed by atoms with van der Waals surface area (Å²) in [5.41, 5.74) is 9.76. The second-order valence-electron chi connectivity index (χ2n) is 9.51. The minimum atomic E-state index is -0.983. The number of halogens is 1. The number of rotatable bonds is 6. The molecule has 3 aromatic carbocycles. The number of nitrogens with one attached hydrogen (secondary N) is 3. The van der Waals surface area contributed by atoms with Crippen molar-refractivity contribution in [3.63, 3.8) is 0 Å². The molecule has 4 aromatic rings. The molecule has 0 saturated carbocycles. The molecule has 0 unspecified atom stereocenters. The molecule has 1 heterocycles. The van der Waals surface area contributed by atoms with Gasteiger partial charge in [-0.05, 0) is 96.6 Å². The van der Waals surface area contributed by atoms with E-state index < -0.39 is 16.9 Å². The van der Waals surface area contributed by atoms with Gasteiger partial charge in [0.2, 0.25) is 0 Å². The van der Waals surface area contributed by atoms with E-state index in [-0.39, 0.29) is 18.4 Å². The standard InChI is InChI=1S/C29H29FN6O3/c1-32-25(37)19-5-11-23-17(15-19)3-4-18-16-20(26(38)33-2)6-12-24(18)29(23,13-14-31)27-34-28(39)36(35-27)22-9-7-21(30)8-10-22/h5-12,15-16H,3-4,13-14,31H2,1-2H3,(H,32,37)(H,33,38)(H,34,35,39). The molecule has 5 N–H and O–H groups in total. The van der Waals surface area contributed by atoms with Gasteiger partial charge >= 0.3 is 5.69 Å². The van der Waals surface area contributed by atoms with Crippen LogP contribution in [-0.2, 0) is 18.3 Å². The molecule has 1 aliphatic carbocycles. The molecule has 5 rings (SSSR count). The average molecular weight is 529 g/mol. The van der Waals surface area contributed by atoms with Crippen LogP contribution in [-0.4, -0.2) is 47.2 Å². The Kier molecular flexibility index (Phi) is 6.88. The monoisotopic (exact) mass is 528 g/mol. The quantitative estimate of drug-likeness (QED) is 0.304. The third-order valence-corrected chi connectivity index (χ3v) is 7.38. The van der Waals surface area contributed by atoms with Crippen LogP contribution in [0.2, 0.25) is 0 Å². The Bertz CT molecular complexity index is 1560. The zero-order valence-electron chi connectivity index (χ0n) is 21.7. The lowest BCUT2D eigenvalue weighted by atomic mass is 9.69. The number of aromatic nitrogens is 3. The fraction of sp³-hybridized carbons (Fsp3) is 0.241. The maximum Gasteiger partial charge on any atom is 0.348 e. The third kappa shape index (κ3) is 4.42. The van der Waals surface area contributed by atoms with Gasteiger partial charge in [-0.3, -0.25) is 14.6 Å². The number of hydrogen-bond acceptors (Lipinski definition) is 5. The Morgan fingerprint density at radius 3 is 1.97 bits per heavy atom. The third-order valence-electron chi connectivity index (χ3n) is 7.38. The van der Waals surface area contributed by atoms with Gasteiger partial charge < -0.3 is 16.4 Å². The second-order valence-corrected chi connectivity index (χ2v) is 9.51. The largest absolute Gasteiger partial charge is 0.355 e. The summed E-state index contributed by atoms with van der Waals surface area (Å²) in [7, 11) is 3.16. The Morgan fingerprint density at radius 2 is 1.49 bits per heavy atom. The smallest absolute Gasteiger partial charge is 0.348 e. The van der Waals surface area contributed by atoms with Crippen LogP contribution in [0.15, 0.2) is 65.5 Å². The Morgan fingerprint density at radius 1 is 0.949 bits per heavy atom. The summed E-state index contributed by atoms with van der Waals surface area (Å²) in [5, 5.41) is 10.1. The van der Waals surface area contributed by atoms with Crippen molar-refractivity contribution >= 4 is 11.8 Å². The van der Waals surface area contributed by atoms with E-state index in [1.807, 2.05) is 24.3 Å². The lowest BCUT2D eigenvalue weighted by Gasteiger charge is -2.34. The molecule has 1 aromatic heterocycles. The van der Waals surface area contributed by atoms with E-state index in [1.54, 1.807) is 26.2 Å². The summed E-state index contributed by atoms with van der Waals surface area (Å²) in [6, 6.07) is 16.5. The van der Waals surface area contributed by atoms with Crippen LogP contribution in [0.4, 0.5) is 4.39 Å². The second kappa shape index (κ2) is 10.3. The highest BCUT2D eigenvalue weighted by molar-refractivity contribution is 5.95. The van der Waals surface area contributed by atoms with Gasteiger partial charge in [0, 0.05) is 25.2 Å². The summed E-state index contributed by atoms with van der Waals surface area (Å²) < 4.78 is 14.8. The maximum atomic E-state index is 13.6. The summed E-state index contributed by atoms with van der Waals surface area (Å²) in [5.74, 6) is -0.473. The molecule has 10 heteroatoms. The maximum absolute atomic E-state index is 13.6. The first-order valence-corrected chi connectivity index (χ1v) is 12.7. The number of benzene rings is 3. The van der Waals surface area contributed by atoms with Crippen molar-refractivity contribution in [2.75, 3.05) is 20.6 Å². The average Bonchev–Trinajstić information content (AvgIpc) is 3.29. The number of carbonyl (C=O) groups excluding carboxylic acids is 2. The summed E-state index contributed by atoms with van der Waals surface area (Å²) >= 11 is 0. The predicted molar refractivity (Wildman–Crippen MR) is 145 cm³/mol.